The van der Waals surface area contributed by atoms with Crippen LogP contribution in [0.4, 0.5) is 0 Å². The van der Waals surface area contributed by atoms with Crippen molar-refractivity contribution in [3.8, 4) is 23.2 Å². The molecule has 0 aliphatic heterocycles. The Labute approximate surface area is 54.3 Å². The van der Waals surface area contributed by atoms with Crippen LogP contribution in [0.5, 0.6) is 0 Å². The molecule has 0 aromatic heterocycles. The zero-order chi connectivity index (χ0) is 6.24. The van der Waals surface area contributed by atoms with E-state index in [9.17, 15) is 0 Å². The standard InChI is InChI=1S/C6H8P2/c1-3-5-7-8-6-4-2/h7-8H,1-2H3. The van der Waals surface area contributed by atoms with Gasteiger partial charge >= 0.3 is 0 Å². The maximum atomic E-state index is 2.97. The average molecular weight is 142 g/mol. The quantitative estimate of drug-likeness (QED) is 0.299. The van der Waals surface area contributed by atoms with Crippen molar-refractivity contribution in [2.24, 2.45) is 0 Å². The van der Waals surface area contributed by atoms with E-state index in [1.54, 1.807) is 0 Å². The van der Waals surface area contributed by atoms with Gasteiger partial charge in [-0.05, 0) is 30.4 Å². The van der Waals surface area contributed by atoms with E-state index < -0.39 is 0 Å². The van der Waals surface area contributed by atoms with Crippen LogP contribution in [0.1, 0.15) is 13.8 Å². The Morgan fingerprint density at radius 2 is 1.25 bits per heavy atom. The molecule has 0 fully saturated rings. The zero-order valence-electron chi connectivity index (χ0n) is 5.00. The second-order valence-electron chi connectivity index (χ2n) is 1.00. The molecule has 2 unspecified atom stereocenters. The molecule has 0 aromatic rings. The van der Waals surface area contributed by atoms with Gasteiger partial charge in [0.05, 0.1) is 0 Å². The van der Waals surface area contributed by atoms with Crippen molar-refractivity contribution < 1.29 is 0 Å². The van der Waals surface area contributed by atoms with E-state index in [4.69, 9.17) is 0 Å². The van der Waals surface area contributed by atoms with Crippen molar-refractivity contribution >= 4 is 16.5 Å². The molecule has 2 heteroatoms. The fraction of sp³-hybridized carbons (Fsp3) is 0.333. The van der Waals surface area contributed by atoms with Crippen LogP contribution in [0.15, 0.2) is 0 Å². The first-order valence-electron chi connectivity index (χ1n) is 2.25. The molecule has 0 aliphatic carbocycles. The Hall–Kier alpha value is -0.0200. The lowest BCUT2D eigenvalue weighted by Crippen LogP contribution is -1.34. The SMILES string of the molecule is CC#CPPC#CC. The van der Waals surface area contributed by atoms with Gasteiger partial charge in [0.2, 0.25) is 0 Å². The van der Waals surface area contributed by atoms with Crippen molar-refractivity contribution in [2.45, 2.75) is 13.8 Å². The number of hydrogen-bond donors (Lipinski definition) is 0. The second-order valence-corrected chi connectivity index (χ2v) is 3.50. The molecule has 0 nitrogen and oxygen atoms in total. The molecule has 2 atom stereocenters. The van der Waals surface area contributed by atoms with Crippen molar-refractivity contribution in [3.05, 3.63) is 0 Å². The van der Waals surface area contributed by atoms with Crippen LogP contribution in [0, 0.1) is 23.2 Å². The monoisotopic (exact) mass is 142 g/mol. The van der Waals surface area contributed by atoms with Crippen LogP contribution in [0.25, 0.3) is 0 Å². The number of hydrogen-bond acceptors (Lipinski definition) is 0. The van der Waals surface area contributed by atoms with E-state index >= 15 is 0 Å². The Balaban J connectivity index is 3.10. The van der Waals surface area contributed by atoms with Gasteiger partial charge in [0.1, 0.15) is 0 Å². The lowest BCUT2D eigenvalue weighted by molar-refractivity contribution is 1.93. The molecule has 0 N–H and O–H groups in total. The summed E-state index contributed by atoms with van der Waals surface area (Å²) in [6.45, 7) is 3.72. The lowest BCUT2D eigenvalue weighted by Gasteiger charge is -1.74. The molecule has 0 aliphatic rings. The van der Waals surface area contributed by atoms with Crippen molar-refractivity contribution in [1.29, 1.82) is 0 Å². The van der Waals surface area contributed by atoms with Gasteiger partial charge in [-0.25, -0.2) is 0 Å². The molecule has 0 rings (SSSR count). The topological polar surface area (TPSA) is 0 Å². The summed E-state index contributed by atoms with van der Waals surface area (Å²) in [5.74, 6) is 5.66. The van der Waals surface area contributed by atoms with Gasteiger partial charge in [-0.2, -0.15) is 0 Å². The van der Waals surface area contributed by atoms with E-state index in [0.717, 1.165) is 16.5 Å². The molecule has 0 spiro atoms. The van der Waals surface area contributed by atoms with Gasteiger partial charge in [-0.15, -0.1) is 11.8 Å². The van der Waals surface area contributed by atoms with Crippen LogP contribution in [0.3, 0.4) is 0 Å². The summed E-state index contributed by atoms with van der Waals surface area (Å²) in [5, 5.41) is 0. The Morgan fingerprint density at radius 1 is 0.875 bits per heavy atom. The summed E-state index contributed by atoms with van der Waals surface area (Å²) < 4.78 is 0. The van der Waals surface area contributed by atoms with Crippen LogP contribution in [0.2, 0.25) is 0 Å². The molecule has 0 aromatic carbocycles. The first-order valence-corrected chi connectivity index (χ1v) is 5.25. The van der Waals surface area contributed by atoms with Crippen LogP contribution < -0.4 is 0 Å². The van der Waals surface area contributed by atoms with Gasteiger partial charge in [0.15, 0.2) is 0 Å². The maximum absolute atomic E-state index is 2.97. The van der Waals surface area contributed by atoms with E-state index in [-0.39, 0.29) is 0 Å². The molecule has 0 amide bonds. The highest BCUT2D eigenvalue weighted by Gasteiger charge is 1.68. The van der Waals surface area contributed by atoms with Crippen molar-refractivity contribution in [2.75, 3.05) is 0 Å². The fourth-order valence-electron chi connectivity index (χ4n) is 0.188. The molecular formula is C6H8P2. The molecular weight excluding hydrogens is 134 g/mol. The minimum absolute atomic E-state index is 0.732. The van der Waals surface area contributed by atoms with Crippen LogP contribution in [-0.2, 0) is 0 Å². The summed E-state index contributed by atoms with van der Waals surface area (Å²) in [5.41, 5.74) is 5.94. The first-order chi connectivity index (χ1) is 3.91. The predicted octanol–water partition coefficient (Wildman–Crippen LogP) is 2.22. The molecule has 0 bridgehead atoms. The summed E-state index contributed by atoms with van der Waals surface area (Å²) >= 11 is 0. The molecule has 0 saturated heterocycles. The van der Waals surface area contributed by atoms with Gasteiger partial charge < -0.3 is 0 Å². The van der Waals surface area contributed by atoms with Gasteiger partial charge in [-0.1, -0.05) is 11.3 Å². The molecule has 8 heavy (non-hydrogen) atoms. The van der Waals surface area contributed by atoms with E-state index in [1.165, 1.54) is 0 Å². The third-order valence-electron chi connectivity index (χ3n) is 0.438. The predicted molar refractivity (Wildman–Crippen MR) is 43.5 cm³/mol. The minimum atomic E-state index is 0.732. The second kappa shape index (κ2) is 6.98. The van der Waals surface area contributed by atoms with Gasteiger partial charge in [0.25, 0.3) is 0 Å². The summed E-state index contributed by atoms with van der Waals surface area (Å²) in [6.07, 6.45) is 0. The summed E-state index contributed by atoms with van der Waals surface area (Å²) in [6, 6.07) is 0. The largest absolute Gasteiger partial charge is 0.102 e. The summed E-state index contributed by atoms with van der Waals surface area (Å²) in [7, 11) is 1.46. The van der Waals surface area contributed by atoms with Crippen molar-refractivity contribution in [3.63, 3.8) is 0 Å². The first kappa shape index (κ1) is 7.98. The minimum Gasteiger partial charge on any atom is -0.102 e. The van der Waals surface area contributed by atoms with Crippen LogP contribution in [-0.4, -0.2) is 0 Å². The van der Waals surface area contributed by atoms with Gasteiger partial charge in [0, 0.05) is 0 Å². The maximum Gasteiger partial charge on any atom is -0.00235 e. The third-order valence-corrected chi connectivity index (χ3v) is 2.44. The highest BCUT2D eigenvalue weighted by atomic mass is 32.0. The van der Waals surface area contributed by atoms with E-state index in [1.807, 2.05) is 13.8 Å². The average Bonchev–Trinajstić information content (AvgIpc) is 1.81. The van der Waals surface area contributed by atoms with E-state index in [0.29, 0.717) is 0 Å². The highest BCUT2D eigenvalue weighted by molar-refractivity contribution is 8.16. The molecule has 0 saturated carbocycles. The molecule has 0 radical (unpaired) electrons. The Morgan fingerprint density at radius 3 is 1.50 bits per heavy atom. The summed E-state index contributed by atoms with van der Waals surface area (Å²) in [4.78, 5) is 0. The smallest absolute Gasteiger partial charge is 0.00235 e. The van der Waals surface area contributed by atoms with Crippen LogP contribution >= 0.6 is 16.5 Å². The Bertz CT molecular complexity index is 131. The van der Waals surface area contributed by atoms with E-state index in [2.05, 4.69) is 23.2 Å². The Kier molecular flexibility index (Phi) is 6.96. The number of rotatable bonds is 1. The van der Waals surface area contributed by atoms with Crippen molar-refractivity contribution in [1.82, 2.24) is 0 Å². The third kappa shape index (κ3) is 5.98. The molecule has 0 heterocycles. The highest BCUT2D eigenvalue weighted by Crippen LogP contribution is 2.33. The normalized spacial score (nSPS) is 8.75. The fourth-order valence-corrected chi connectivity index (χ4v) is 1.69. The molecule has 42 valence electrons. The zero-order valence-corrected chi connectivity index (χ0v) is 7.00. The van der Waals surface area contributed by atoms with Gasteiger partial charge in [-0.3, -0.25) is 0 Å². The lowest BCUT2D eigenvalue weighted by atomic mass is 10.8.